The zero-order chi connectivity index (χ0) is 78.3. The van der Waals surface area contributed by atoms with Gasteiger partial charge in [-0.25, -0.2) is 0 Å². The zero-order valence-corrected chi connectivity index (χ0v) is 61.5. The summed E-state index contributed by atoms with van der Waals surface area (Å²) >= 11 is 12.4. The van der Waals surface area contributed by atoms with E-state index in [1.807, 2.05) is 36.4 Å². The monoisotopic (exact) mass is 1530 g/mol. The van der Waals surface area contributed by atoms with Crippen molar-refractivity contribution in [3.8, 4) is 5.75 Å². The molecule has 7 aromatic carbocycles. The number of aromatic hydroxyl groups is 1. The number of para-hydroxylation sites is 1. The number of nitrogens with one attached hydrogen (secondary N) is 10. The van der Waals surface area contributed by atoms with Crippen LogP contribution in [0.1, 0.15) is 72.9 Å². The van der Waals surface area contributed by atoms with Gasteiger partial charge in [-0.05, 0) is 119 Å². The van der Waals surface area contributed by atoms with E-state index in [9.17, 15) is 39.0 Å². The second-order valence-electron chi connectivity index (χ2n) is 26.8. The van der Waals surface area contributed by atoms with E-state index in [2.05, 4.69) is 57.8 Å². The predicted molar refractivity (Wildman–Crippen MR) is 412 cm³/mol. The average molecular weight is 1530 g/mol. The van der Waals surface area contributed by atoms with Gasteiger partial charge >= 0.3 is 0 Å². The Labute approximate surface area is 638 Å². The second kappa shape index (κ2) is 39.1. The largest absolute Gasteiger partial charge is 0.508 e. The summed E-state index contributed by atoms with van der Waals surface area (Å²) in [5.74, 6) is -9.38. The van der Waals surface area contributed by atoms with E-state index in [0.717, 1.165) is 10.8 Å². The third-order valence-electron chi connectivity index (χ3n) is 18.6. The van der Waals surface area contributed by atoms with Gasteiger partial charge in [0.05, 0.1) is 6.61 Å². The normalized spacial score (nSPS) is 15.0. The Kier molecular flexibility index (Phi) is 29.1. The van der Waals surface area contributed by atoms with E-state index in [1.54, 1.807) is 115 Å². The molecule has 0 spiro atoms. The third-order valence-corrected chi connectivity index (χ3v) is 19.1. The van der Waals surface area contributed by atoms with Gasteiger partial charge < -0.3 is 85.1 Å². The summed E-state index contributed by atoms with van der Waals surface area (Å²) in [6, 6.07) is 33.3. The number of guanidine groups is 1. The third kappa shape index (κ3) is 23.8. The van der Waals surface area contributed by atoms with Crippen LogP contribution in [0.2, 0.25) is 10.0 Å². The standard InChI is InChI=1S/C79H89Cl2N15O13/c1-45(69(82)100)87-77(108)68-19-11-35-96(68)78(109)60(18-10-34-85-79(83)84)89-71(102)62(37-47-12-4-3-5-13-47)91-74(105)65(41-51-20-27-52-14-6-7-15-53(52)36-51)92-72(103)64(40-50-25-32-57(99)33-26-50)93-76(107)67(44-97)95-75(106)66(42-54-43-86-59-17-9-8-16-58(54)59)94-73(104)63(39-49-23-30-56(81)31-24-49)90-70(101)61(88-46(2)98)38-48-21-28-55(80)29-22-48/h3-9,12-17,20-33,36,43,45,60-68,86,97,99H,10-11,18-19,34-35,37-42,44H2,1-2H3,(H2,82,100)(H,87,108)(H,88,98)(H,89,102)(H,90,101)(H,91,105)(H,92,103)(H,93,107)(H,94,104)(H,95,106)(H4,83,84,85)/t45-,60+,61-,62+,63-,64+,65-,66-,67+,68+/m1/s1. The van der Waals surface area contributed by atoms with Gasteiger partial charge in [-0.1, -0.05) is 151 Å². The minimum atomic E-state index is -1.85. The molecule has 109 heavy (non-hydrogen) atoms. The molecule has 8 aromatic rings. The first kappa shape index (κ1) is 81.2. The number of likely N-dealkylation sites (tertiary alicyclic amines) is 1. The molecule has 0 radical (unpaired) electrons. The number of aliphatic hydroxyl groups is 1. The Bertz CT molecular complexity index is 4580. The van der Waals surface area contributed by atoms with Crippen molar-refractivity contribution in [2.24, 2.45) is 22.2 Å². The van der Waals surface area contributed by atoms with E-state index < -0.39 is 132 Å². The molecule has 0 saturated carbocycles. The summed E-state index contributed by atoms with van der Waals surface area (Å²) in [7, 11) is 0. The highest BCUT2D eigenvalue weighted by Crippen LogP contribution is 2.24. The molecule has 18 N–H and O–H groups in total. The van der Waals surface area contributed by atoms with Crippen molar-refractivity contribution in [1.82, 2.24) is 57.7 Å². The van der Waals surface area contributed by atoms with Crippen molar-refractivity contribution in [3.05, 3.63) is 219 Å². The predicted octanol–water partition coefficient (Wildman–Crippen LogP) is 3.01. The number of nitrogens with two attached hydrogens (primary N) is 3. The molecule has 1 fully saturated rings. The molecule has 28 nitrogen and oxygen atoms in total. The Balaban J connectivity index is 1.01. The number of hydrogen-bond donors (Lipinski definition) is 15. The van der Waals surface area contributed by atoms with Crippen molar-refractivity contribution < 1.29 is 63.0 Å². The first-order valence-corrected chi connectivity index (χ1v) is 36.3. The topological polar surface area (TPSA) is 446 Å². The maximum atomic E-state index is 15.4. The highest BCUT2D eigenvalue weighted by Gasteiger charge is 2.40. The smallest absolute Gasteiger partial charge is 0.245 e. The fourth-order valence-electron chi connectivity index (χ4n) is 12.8. The van der Waals surface area contributed by atoms with E-state index in [-0.39, 0.29) is 82.6 Å². The number of fused-ring (bicyclic) bond motifs is 2. The van der Waals surface area contributed by atoms with Crippen LogP contribution in [0.3, 0.4) is 0 Å². The minimum Gasteiger partial charge on any atom is -0.508 e. The van der Waals surface area contributed by atoms with Crippen LogP contribution in [0.25, 0.3) is 21.7 Å². The summed E-state index contributed by atoms with van der Waals surface area (Å²) in [6.45, 7) is 1.74. The number of halogens is 2. The number of amides is 11. The highest BCUT2D eigenvalue weighted by atomic mass is 35.5. The zero-order valence-electron chi connectivity index (χ0n) is 60.0. The Morgan fingerprint density at radius 3 is 1.45 bits per heavy atom. The molecular formula is C79H89Cl2N15O13. The van der Waals surface area contributed by atoms with Crippen LogP contribution in [-0.2, 0) is 91.3 Å². The molecule has 1 aliphatic heterocycles. The number of aromatic amines is 1. The Morgan fingerprint density at radius 1 is 0.505 bits per heavy atom. The Hall–Kier alpha value is -11.9. The molecule has 1 aliphatic rings. The number of H-pyrrole nitrogens is 1. The molecule has 1 saturated heterocycles. The number of primary amides is 1. The summed E-state index contributed by atoms with van der Waals surface area (Å²) < 4.78 is 0. The van der Waals surface area contributed by atoms with Crippen molar-refractivity contribution in [2.75, 3.05) is 19.7 Å². The summed E-state index contributed by atoms with van der Waals surface area (Å²) in [5, 5.41) is 49.1. The first-order valence-electron chi connectivity index (χ1n) is 35.6. The number of aliphatic imine (C=N–C) groups is 1. The molecule has 0 aliphatic carbocycles. The summed E-state index contributed by atoms with van der Waals surface area (Å²) in [5.41, 5.74) is 20.6. The molecule has 1 aromatic heterocycles. The molecule has 10 atom stereocenters. The quantitative estimate of drug-likeness (QED) is 0.0152. The van der Waals surface area contributed by atoms with Gasteiger partial charge in [0.15, 0.2) is 5.96 Å². The van der Waals surface area contributed by atoms with Gasteiger partial charge in [0.1, 0.15) is 66.2 Å². The van der Waals surface area contributed by atoms with Gasteiger partial charge in [0.25, 0.3) is 0 Å². The van der Waals surface area contributed by atoms with Crippen molar-refractivity contribution in [2.45, 2.75) is 138 Å². The fourth-order valence-corrected chi connectivity index (χ4v) is 13.0. The van der Waals surface area contributed by atoms with Crippen molar-refractivity contribution >= 4 is 116 Å². The molecule has 572 valence electrons. The van der Waals surface area contributed by atoms with E-state index >= 15 is 24.0 Å². The lowest BCUT2D eigenvalue weighted by molar-refractivity contribution is -0.142. The van der Waals surface area contributed by atoms with Crippen LogP contribution in [0, 0.1) is 0 Å². The number of phenols is 1. The molecule has 0 unspecified atom stereocenters. The molecule has 30 heteroatoms. The lowest BCUT2D eigenvalue weighted by Gasteiger charge is -2.31. The number of hydrogen-bond acceptors (Lipinski definition) is 14. The number of aliphatic hydroxyl groups excluding tert-OH is 1. The molecule has 0 bridgehead atoms. The SMILES string of the molecule is CC(=O)N[C@H](Cc1ccc(Cl)cc1)C(=O)N[C@H](Cc1ccc(Cl)cc1)C(=O)N[C@H](Cc1c[nH]c2ccccc12)C(=O)N[C@@H](CO)C(=O)N[C@@H](Cc1ccc(O)cc1)C(=O)N[C@H](Cc1ccc2ccccc2c1)C(=O)N[C@@H](Cc1ccccc1)C(=O)N[C@@H](CCCN=C(N)N)C(=O)N1CCC[C@H]1C(=O)N[C@H](C)C(N)=O. The van der Waals surface area contributed by atoms with Crippen LogP contribution in [0.5, 0.6) is 5.75 Å². The molecule has 9 rings (SSSR count). The Morgan fingerprint density at radius 2 is 0.936 bits per heavy atom. The van der Waals surface area contributed by atoms with Crippen LogP contribution < -0.4 is 65.1 Å². The number of carbonyl (C=O) groups excluding carboxylic acids is 11. The van der Waals surface area contributed by atoms with Crippen LogP contribution in [0.4, 0.5) is 0 Å². The number of carbonyl (C=O) groups is 11. The summed E-state index contributed by atoms with van der Waals surface area (Å²) in [4.78, 5) is 167. The number of aromatic nitrogens is 1. The van der Waals surface area contributed by atoms with Gasteiger partial charge in [0, 0.05) is 85.7 Å². The van der Waals surface area contributed by atoms with Crippen LogP contribution in [-0.4, -0.2) is 171 Å². The number of nitrogens with zero attached hydrogens (tertiary/aromatic N) is 2. The van der Waals surface area contributed by atoms with E-state index in [4.69, 9.17) is 40.4 Å². The first-order chi connectivity index (χ1) is 52.3. The lowest BCUT2D eigenvalue weighted by Crippen LogP contribution is -2.62. The fraction of sp³-hybridized carbons (Fsp3) is 0.316. The van der Waals surface area contributed by atoms with Gasteiger partial charge in [-0.3, -0.25) is 57.7 Å². The summed E-state index contributed by atoms with van der Waals surface area (Å²) in [6.07, 6.45) is 1.32. The highest BCUT2D eigenvalue weighted by molar-refractivity contribution is 6.30. The average Bonchev–Trinajstić information content (AvgIpc) is 1.69. The lowest BCUT2D eigenvalue weighted by atomic mass is 9.99. The van der Waals surface area contributed by atoms with E-state index in [1.165, 1.54) is 43.0 Å². The van der Waals surface area contributed by atoms with Crippen LogP contribution >= 0.6 is 23.2 Å². The second-order valence-corrected chi connectivity index (χ2v) is 27.7. The van der Waals surface area contributed by atoms with Gasteiger partial charge in [0.2, 0.25) is 65.0 Å². The van der Waals surface area contributed by atoms with Crippen LogP contribution in [0.15, 0.2) is 181 Å². The van der Waals surface area contributed by atoms with Gasteiger partial charge in [-0.2, -0.15) is 0 Å². The molecule has 2 heterocycles. The molecular weight excluding hydrogens is 1440 g/mol. The maximum Gasteiger partial charge on any atom is 0.245 e. The van der Waals surface area contributed by atoms with E-state index in [0.29, 0.717) is 60.7 Å². The number of rotatable bonds is 36. The maximum absolute atomic E-state index is 15.4. The molecule has 11 amide bonds. The number of phenolic OH excluding ortho intramolecular Hbond substituents is 1. The number of benzene rings is 7. The van der Waals surface area contributed by atoms with Crippen molar-refractivity contribution in [3.63, 3.8) is 0 Å². The van der Waals surface area contributed by atoms with Crippen molar-refractivity contribution in [1.29, 1.82) is 0 Å². The minimum absolute atomic E-state index is 0.00471. The van der Waals surface area contributed by atoms with Gasteiger partial charge in [-0.15, -0.1) is 0 Å².